The Balaban J connectivity index is 0.000000299. The lowest BCUT2D eigenvalue weighted by Crippen LogP contribution is -2.30. The van der Waals surface area contributed by atoms with Gasteiger partial charge in [0, 0.05) is 31.4 Å². The van der Waals surface area contributed by atoms with Gasteiger partial charge >= 0.3 is 0 Å². The number of aromatic nitrogens is 2. The molecule has 0 saturated carbocycles. The Bertz CT molecular complexity index is 832. The van der Waals surface area contributed by atoms with Gasteiger partial charge < -0.3 is 15.4 Å². The average molecular weight is 364 g/mol. The number of carbonyl (C=O) groups excluding carboxylic acids is 1. The van der Waals surface area contributed by atoms with Crippen LogP contribution in [-0.2, 0) is 11.8 Å². The Morgan fingerprint density at radius 1 is 1.04 bits per heavy atom. The summed E-state index contributed by atoms with van der Waals surface area (Å²) >= 11 is 0. The number of ether oxygens (including phenoxy) is 1. The van der Waals surface area contributed by atoms with E-state index in [1.165, 1.54) is 0 Å². The van der Waals surface area contributed by atoms with Crippen LogP contribution in [0.1, 0.15) is 10.5 Å². The van der Waals surface area contributed by atoms with Crippen molar-refractivity contribution in [3.8, 4) is 11.3 Å². The normalized spacial score (nSPS) is 13.4. The van der Waals surface area contributed by atoms with Gasteiger partial charge in [-0.2, -0.15) is 5.10 Å². The summed E-state index contributed by atoms with van der Waals surface area (Å²) in [6.45, 7) is 3.83. The molecule has 27 heavy (non-hydrogen) atoms. The monoisotopic (exact) mass is 364 g/mol. The lowest BCUT2D eigenvalue weighted by molar-refractivity contribution is 0.101. The van der Waals surface area contributed by atoms with Crippen molar-refractivity contribution in [2.75, 3.05) is 31.6 Å². The second kappa shape index (κ2) is 9.66. The third-order valence-electron chi connectivity index (χ3n) is 4.06. The number of para-hydroxylation sites is 1. The number of nitrogens with zero attached hydrogens (tertiary/aromatic N) is 2. The van der Waals surface area contributed by atoms with Crippen LogP contribution in [0.25, 0.3) is 11.3 Å². The number of hydrogen-bond acceptors (Lipinski definition) is 4. The van der Waals surface area contributed by atoms with Crippen LogP contribution in [-0.4, -0.2) is 42.0 Å². The number of nitrogens with one attached hydrogen (secondary N) is 2. The summed E-state index contributed by atoms with van der Waals surface area (Å²) in [5, 5.41) is 10.4. The quantitative estimate of drug-likeness (QED) is 0.750. The number of morpholine rings is 1. The zero-order valence-corrected chi connectivity index (χ0v) is 15.4. The van der Waals surface area contributed by atoms with Gasteiger partial charge in [-0.15, -0.1) is 0 Å². The topological polar surface area (TPSA) is 68.2 Å². The minimum atomic E-state index is -0.168. The zero-order chi connectivity index (χ0) is 18.9. The second-order valence-electron chi connectivity index (χ2n) is 6.09. The van der Waals surface area contributed by atoms with Crippen LogP contribution in [0.5, 0.6) is 0 Å². The average Bonchev–Trinajstić information content (AvgIpc) is 3.13. The first-order valence-electron chi connectivity index (χ1n) is 8.98. The highest BCUT2D eigenvalue weighted by molar-refractivity contribution is 6.03. The van der Waals surface area contributed by atoms with Gasteiger partial charge in [-0.05, 0) is 18.2 Å². The molecule has 6 heteroatoms. The maximum atomic E-state index is 12.3. The van der Waals surface area contributed by atoms with Crippen molar-refractivity contribution in [2.24, 2.45) is 7.05 Å². The van der Waals surface area contributed by atoms with Crippen LogP contribution in [0.3, 0.4) is 0 Å². The highest BCUT2D eigenvalue weighted by atomic mass is 16.5. The molecule has 0 atom stereocenters. The molecule has 0 unspecified atom stereocenters. The maximum Gasteiger partial charge on any atom is 0.273 e. The van der Waals surface area contributed by atoms with Crippen LogP contribution >= 0.6 is 0 Å². The molecule has 1 aromatic heterocycles. The smallest absolute Gasteiger partial charge is 0.273 e. The first-order valence-corrected chi connectivity index (χ1v) is 8.98. The van der Waals surface area contributed by atoms with Crippen molar-refractivity contribution in [1.29, 1.82) is 0 Å². The van der Waals surface area contributed by atoms with Gasteiger partial charge in [0.25, 0.3) is 5.91 Å². The van der Waals surface area contributed by atoms with Gasteiger partial charge in [0.2, 0.25) is 0 Å². The lowest BCUT2D eigenvalue weighted by atomic mass is 10.1. The minimum absolute atomic E-state index is 0.168. The fourth-order valence-corrected chi connectivity index (χ4v) is 2.66. The first kappa shape index (κ1) is 18.8. The van der Waals surface area contributed by atoms with E-state index in [-0.39, 0.29) is 5.91 Å². The van der Waals surface area contributed by atoms with Crippen molar-refractivity contribution in [3.63, 3.8) is 0 Å². The third-order valence-corrected chi connectivity index (χ3v) is 4.06. The molecule has 1 fully saturated rings. The Morgan fingerprint density at radius 2 is 1.67 bits per heavy atom. The summed E-state index contributed by atoms with van der Waals surface area (Å²) in [5.74, 6) is -0.168. The van der Waals surface area contributed by atoms with Crippen molar-refractivity contribution >= 4 is 11.6 Å². The van der Waals surface area contributed by atoms with Crippen LogP contribution in [0.4, 0.5) is 5.69 Å². The summed E-state index contributed by atoms with van der Waals surface area (Å²) in [5.41, 5.74) is 3.07. The molecule has 140 valence electrons. The van der Waals surface area contributed by atoms with E-state index in [0.717, 1.165) is 43.2 Å². The molecule has 1 amide bonds. The Labute approximate surface area is 159 Å². The van der Waals surface area contributed by atoms with Crippen molar-refractivity contribution in [1.82, 2.24) is 15.1 Å². The molecule has 0 radical (unpaired) electrons. The number of hydrogen-bond donors (Lipinski definition) is 2. The molecule has 6 nitrogen and oxygen atoms in total. The number of carbonyl (C=O) groups is 1. The molecule has 2 aromatic carbocycles. The SMILES string of the molecule is C1COCCN1.Cn1nc(-c2ccccc2)cc1C(=O)Nc1ccccc1. The van der Waals surface area contributed by atoms with Gasteiger partial charge in [0.05, 0.1) is 18.9 Å². The van der Waals surface area contributed by atoms with E-state index in [9.17, 15) is 4.79 Å². The minimum Gasteiger partial charge on any atom is -0.379 e. The number of amides is 1. The molecule has 0 aliphatic carbocycles. The number of benzene rings is 2. The molecular formula is C21H24N4O2. The predicted octanol–water partition coefficient (Wildman–Crippen LogP) is 2.95. The highest BCUT2D eigenvalue weighted by Gasteiger charge is 2.14. The number of aryl methyl sites for hydroxylation is 1. The van der Waals surface area contributed by atoms with E-state index in [0.29, 0.717) is 5.69 Å². The van der Waals surface area contributed by atoms with E-state index < -0.39 is 0 Å². The second-order valence-corrected chi connectivity index (χ2v) is 6.09. The lowest BCUT2D eigenvalue weighted by Gasteiger charge is -2.10. The summed E-state index contributed by atoms with van der Waals surface area (Å²) in [6.07, 6.45) is 0. The summed E-state index contributed by atoms with van der Waals surface area (Å²) in [4.78, 5) is 12.3. The van der Waals surface area contributed by atoms with E-state index in [1.54, 1.807) is 17.8 Å². The van der Waals surface area contributed by atoms with E-state index >= 15 is 0 Å². The van der Waals surface area contributed by atoms with Gasteiger partial charge in [-0.25, -0.2) is 0 Å². The molecular weight excluding hydrogens is 340 g/mol. The molecule has 0 bridgehead atoms. The molecule has 3 aromatic rings. The van der Waals surface area contributed by atoms with E-state index in [4.69, 9.17) is 4.74 Å². The Hall–Kier alpha value is -2.96. The highest BCUT2D eigenvalue weighted by Crippen LogP contribution is 2.19. The Kier molecular flexibility index (Phi) is 6.73. The fraction of sp³-hybridized carbons (Fsp3) is 0.238. The van der Waals surface area contributed by atoms with Gasteiger partial charge in [-0.3, -0.25) is 9.48 Å². The zero-order valence-electron chi connectivity index (χ0n) is 15.4. The van der Waals surface area contributed by atoms with E-state index in [2.05, 4.69) is 15.7 Å². The fourth-order valence-electron chi connectivity index (χ4n) is 2.66. The summed E-state index contributed by atoms with van der Waals surface area (Å²) < 4.78 is 6.60. The number of rotatable bonds is 3. The van der Waals surface area contributed by atoms with Gasteiger partial charge in [-0.1, -0.05) is 48.5 Å². The Morgan fingerprint density at radius 3 is 2.22 bits per heavy atom. The van der Waals surface area contributed by atoms with Gasteiger partial charge in [0.1, 0.15) is 5.69 Å². The van der Waals surface area contributed by atoms with Crippen molar-refractivity contribution < 1.29 is 9.53 Å². The van der Waals surface area contributed by atoms with Crippen LogP contribution < -0.4 is 10.6 Å². The maximum absolute atomic E-state index is 12.3. The van der Waals surface area contributed by atoms with Crippen LogP contribution in [0.15, 0.2) is 66.7 Å². The predicted molar refractivity (Wildman–Crippen MR) is 107 cm³/mol. The number of anilines is 1. The van der Waals surface area contributed by atoms with E-state index in [1.807, 2.05) is 60.7 Å². The molecule has 1 aliphatic rings. The molecule has 2 N–H and O–H groups in total. The molecule has 0 spiro atoms. The molecule has 2 heterocycles. The largest absolute Gasteiger partial charge is 0.379 e. The molecule has 4 rings (SSSR count). The first-order chi connectivity index (χ1) is 13.2. The summed E-state index contributed by atoms with van der Waals surface area (Å²) in [7, 11) is 1.77. The van der Waals surface area contributed by atoms with Crippen molar-refractivity contribution in [3.05, 3.63) is 72.4 Å². The molecule has 1 saturated heterocycles. The van der Waals surface area contributed by atoms with Crippen LogP contribution in [0.2, 0.25) is 0 Å². The van der Waals surface area contributed by atoms with Crippen LogP contribution in [0, 0.1) is 0 Å². The van der Waals surface area contributed by atoms with Crippen molar-refractivity contribution in [2.45, 2.75) is 0 Å². The van der Waals surface area contributed by atoms with Gasteiger partial charge in [0.15, 0.2) is 0 Å². The standard InChI is InChI=1S/C17H15N3O.C4H9NO/c1-20-16(17(21)18-14-10-6-3-7-11-14)12-15(19-20)13-8-4-2-5-9-13;1-3-6-4-2-5-1/h2-12H,1H3,(H,18,21);5H,1-4H2. The third kappa shape index (κ3) is 5.51. The summed E-state index contributed by atoms with van der Waals surface area (Å²) in [6, 6.07) is 21.0. The molecule has 1 aliphatic heterocycles.